The lowest BCUT2D eigenvalue weighted by Crippen LogP contribution is -2.19. The molecule has 2 aromatic rings. The maximum absolute atomic E-state index is 12.5. The maximum atomic E-state index is 12.5. The molecular formula is C21H18IN3O7S. The number of carbonyl (C=O) groups excluding carboxylic acids is 1. The van der Waals surface area contributed by atoms with E-state index in [0.717, 1.165) is 11.8 Å². The highest BCUT2D eigenvalue weighted by Crippen LogP contribution is 2.36. The molecule has 1 amide bonds. The minimum absolute atomic E-state index is 0.0318. The topological polar surface area (TPSA) is 140 Å². The van der Waals surface area contributed by atoms with Gasteiger partial charge in [0.25, 0.3) is 11.6 Å². The molecule has 33 heavy (non-hydrogen) atoms. The molecule has 1 aliphatic rings. The van der Waals surface area contributed by atoms with Crippen LogP contribution in [0.2, 0.25) is 0 Å². The summed E-state index contributed by atoms with van der Waals surface area (Å²) in [5, 5.41) is 22.8. The summed E-state index contributed by atoms with van der Waals surface area (Å²) in [5.74, 6) is -0.747. The number of rotatable bonds is 8. The molecule has 0 spiro atoms. The Morgan fingerprint density at radius 3 is 2.73 bits per heavy atom. The van der Waals surface area contributed by atoms with Crippen molar-refractivity contribution < 1.29 is 29.1 Å². The number of carboxylic acids is 1. The first kappa shape index (κ1) is 24.5. The number of carbonyl (C=O) groups is 2. The van der Waals surface area contributed by atoms with Crippen LogP contribution in [0.15, 0.2) is 40.2 Å². The molecule has 0 unspecified atom stereocenters. The van der Waals surface area contributed by atoms with Crippen molar-refractivity contribution in [1.82, 2.24) is 5.32 Å². The van der Waals surface area contributed by atoms with Crippen molar-refractivity contribution in [2.75, 3.05) is 13.2 Å². The fraction of sp³-hybridized carbons (Fsp3) is 0.190. The quantitative estimate of drug-likeness (QED) is 0.203. The predicted octanol–water partition coefficient (Wildman–Crippen LogP) is 4.26. The van der Waals surface area contributed by atoms with Gasteiger partial charge in [-0.05, 0) is 83.6 Å². The van der Waals surface area contributed by atoms with Crippen LogP contribution in [0.4, 0.5) is 11.4 Å². The Morgan fingerprint density at radius 1 is 1.33 bits per heavy atom. The second kappa shape index (κ2) is 10.7. The van der Waals surface area contributed by atoms with E-state index in [1.54, 1.807) is 32.1 Å². The number of nitrogens with zero attached hydrogens (tertiary/aromatic N) is 2. The Balaban J connectivity index is 1.87. The molecule has 0 saturated carbocycles. The summed E-state index contributed by atoms with van der Waals surface area (Å²) in [5.41, 5.74) is 1.75. The molecule has 1 aliphatic heterocycles. The lowest BCUT2D eigenvalue weighted by atomic mass is 10.2. The summed E-state index contributed by atoms with van der Waals surface area (Å²) >= 11 is 3.15. The van der Waals surface area contributed by atoms with E-state index in [9.17, 15) is 19.7 Å². The Hall–Kier alpha value is -3.13. The predicted molar refractivity (Wildman–Crippen MR) is 132 cm³/mol. The van der Waals surface area contributed by atoms with Crippen molar-refractivity contribution >= 4 is 68.8 Å². The first-order valence-electron chi connectivity index (χ1n) is 9.53. The number of nitro benzene ring substituents is 1. The largest absolute Gasteiger partial charge is 0.490 e. The number of non-ortho nitro benzene ring substituents is 1. The molecule has 1 heterocycles. The molecule has 0 aliphatic carbocycles. The van der Waals surface area contributed by atoms with Gasteiger partial charge in [0.05, 0.1) is 25.7 Å². The molecule has 3 rings (SSSR count). The van der Waals surface area contributed by atoms with Crippen molar-refractivity contribution in [2.24, 2.45) is 4.99 Å². The molecule has 0 atom stereocenters. The van der Waals surface area contributed by atoms with E-state index in [1.807, 2.05) is 22.6 Å². The number of carboxylic acid groups (broad SMARTS) is 1. The van der Waals surface area contributed by atoms with Crippen LogP contribution in [-0.4, -0.2) is 40.3 Å². The summed E-state index contributed by atoms with van der Waals surface area (Å²) in [4.78, 5) is 38.5. The van der Waals surface area contributed by atoms with Gasteiger partial charge in [-0.2, -0.15) is 0 Å². The van der Waals surface area contributed by atoms with Gasteiger partial charge in [0.15, 0.2) is 23.3 Å². The highest BCUT2D eigenvalue weighted by molar-refractivity contribution is 14.1. The van der Waals surface area contributed by atoms with E-state index in [0.29, 0.717) is 48.6 Å². The van der Waals surface area contributed by atoms with Gasteiger partial charge in [0.1, 0.15) is 0 Å². The number of nitrogens with one attached hydrogen (secondary N) is 1. The van der Waals surface area contributed by atoms with Crippen LogP contribution in [0, 0.1) is 20.6 Å². The van der Waals surface area contributed by atoms with Crippen LogP contribution in [0.5, 0.6) is 11.5 Å². The number of aryl methyl sites for hydroxylation is 1. The smallest absolute Gasteiger partial charge is 0.341 e. The van der Waals surface area contributed by atoms with E-state index in [4.69, 9.17) is 14.6 Å². The van der Waals surface area contributed by atoms with Crippen LogP contribution in [0.1, 0.15) is 18.1 Å². The Labute approximate surface area is 206 Å². The maximum Gasteiger partial charge on any atom is 0.341 e. The van der Waals surface area contributed by atoms with Crippen LogP contribution < -0.4 is 14.8 Å². The molecule has 2 aromatic carbocycles. The van der Waals surface area contributed by atoms with Crippen LogP contribution in [0.25, 0.3) is 6.08 Å². The lowest BCUT2D eigenvalue weighted by molar-refractivity contribution is -0.384. The molecule has 0 aromatic heterocycles. The van der Waals surface area contributed by atoms with Gasteiger partial charge in [-0.3, -0.25) is 14.9 Å². The number of hydrogen-bond acceptors (Lipinski definition) is 8. The fourth-order valence-electron chi connectivity index (χ4n) is 2.83. The highest BCUT2D eigenvalue weighted by atomic mass is 127. The van der Waals surface area contributed by atoms with E-state index in [1.165, 1.54) is 18.2 Å². The van der Waals surface area contributed by atoms with Gasteiger partial charge in [-0.25, -0.2) is 9.79 Å². The van der Waals surface area contributed by atoms with Gasteiger partial charge >= 0.3 is 5.97 Å². The molecule has 10 nitrogen and oxygen atoms in total. The van der Waals surface area contributed by atoms with Gasteiger partial charge in [-0.15, -0.1) is 0 Å². The summed E-state index contributed by atoms with van der Waals surface area (Å²) in [6.45, 7) is 3.34. The number of benzene rings is 2. The van der Waals surface area contributed by atoms with Crippen molar-refractivity contribution in [1.29, 1.82) is 0 Å². The average molecular weight is 583 g/mol. The van der Waals surface area contributed by atoms with Gasteiger partial charge < -0.3 is 19.9 Å². The Bertz CT molecular complexity index is 1200. The van der Waals surface area contributed by atoms with Crippen molar-refractivity contribution in [2.45, 2.75) is 13.8 Å². The van der Waals surface area contributed by atoms with Crippen LogP contribution in [0.3, 0.4) is 0 Å². The molecule has 0 bridgehead atoms. The standard InChI is InChI=1S/C21H18IN3O7S/c1-3-31-16-8-12(7-14(22)19(16)32-10-18(26)27)9-17-20(28)24-21(33-17)23-15-5-4-13(25(29)30)6-11(15)2/h4-9H,3,10H2,1-2H3,(H,26,27)(H,23,24,28)/b17-9+. The van der Waals surface area contributed by atoms with E-state index in [2.05, 4.69) is 10.3 Å². The third-order valence-corrected chi connectivity index (χ3v) is 5.94. The summed E-state index contributed by atoms with van der Waals surface area (Å²) in [7, 11) is 0. The number of halogens is 1. The van der Waals surface area contributed by atoms with Gasteiger partial charge in [0.2, 0.25) is 0 Å². The lowest BCUT2D eigenvalue weighted by Gasteiger charge is -2.13. The molecule has 172 valence electrons. The zero-order valence-electron chi connectivity index (χ0n) is 17.5. The summed E-state index contributed by atoms with van der Waals surface area (Å²) in [6.07, 6.45) is 1.66. The number of aliphatic imine (C=N–C) groups is 1. The SMILES string of the molecule is CCOc1cc(/C=C2/SC(=Nc3ccc([N+](=O)[O-])cc3C)NC2=O)cc(I)c1OCC(=O)O. The third kappa shape index (κ3) is 6.22. The summed E-state index contributed by atoms with van der Waals surface area (Å²) in [6, 6.07) is 7.72. The Kier molecular flexibility index (Phi) is 7.92. The normalized spacial score (nSPS) is 15.5. The van der Waals surface area contributed by atoms with Crippen molar-refractivity contribution in [3.8, 4) is 11.5 Å². The van der Waals surface area contributed by atoms with Crippen LogP contribution in [-0.2, 0) is 9.59 Å². The number of thioether (sulfide) groups is 1. The molecule has 2 N–H and O–H groups in total. The van der Waals surface area contributed by atoms with Gasteiger partial charge in [-0.1, -0.05) is 0 Å². The third-order valence-electron chi connectivity index (χ3n) is 4.23. The first-order valence-corrected chi connectivity index (χ1v) is 11.4. The molecule has 12 heteroatoms. The average Bonchev–Trinajstić information content (AvgIpc) is 3.07. The molecule has 0 radical (unpaired) electrons. The second-order valence-electron chi connectivity index (χ2n) is 6.66. The minimum atomic E-state index is -1.10. The molecule has 1 fully saturated rings. The van der Waals surface area contributed by atoms with Gasteiger partial charge in [0, 0.05) is 12.1 Å². The fourth-order valence-corrected chi connectivity index (χ4v) is 4.44. The zero-order chi connectivity index (χ0) is 24.1. The zero-order valence-corrected chi connectivity index (χ0v) is 20.4. The first-order chi connectivity index (χ1) is 15.7. The van der Waals surface area contributed by atoms with Crippen molar-refractivity contribution in [3.63, 3.8) is 0 Å². The summed E-state index contributed by atoms with van der Waals surface area (Å²) < 4.78 is 11.6. The minimum Gasteiger partial charge on any atom is -0.490 e. The number of aliphatic carboxylic acids is 1. The second-order valence-corrected chi connectivity index (χ2v) is 8.85. The number of amides is 1. The number of hydrogen-bond donors (Lipinski definition) is 2. The number of nitro groups is 1. The molecular weight excluding hydrogens is 565 g/mol. The van der Waals surface area contributed by atoms with E-state index in [-0.39, 0.29) is 11.6 Å². The van der Waals surface area contributed by atoms with Crippen molar-refractivity contribution in [3.05, 3.63) is 60.0 Å². The number of ether oxygens (including phenoxy) is 2. The monoisotopic (exact) mass is 583 g/mol. The van der Waals surface area contributed by atoms with E-state index >= 15 is 0 Å². The highest BCUT2D eigenvalue weighted by Gasteiger charge is 2.25. The van der Waals surface area contributed by atoms with E-state index < -0.39 is 17.5 Å². The Morgan fingerprint density at radius 2 is 2.09 bits per heavy atom. The number of amidine groups is 1. The molecule has 1 saturated heterocycles. The van der Waals surface area contributed by atoms with Crippen LogP contribution >= 0.6 is 34.4 Å².